The molecule has 1 aromatic heterocycles. The molecule has 0 fully saturated rings. The van der Waals surface area contributed by atoms with Crippen molar-refractivity contribution in [1.82, 2.24) is 0 Å². The van der Waals surface area contributed by atoms with Crippen LogP contribution in [-0.4, -0.2) is 0 Å². The number of alkyl halides is 3. The summed E-state index contributed by atoms with van der Waals surface area (Å²) < 4.78 is 43.1. The molecule has 0 saturated heterocycles. The molecular weight excluding hydrogens is 269 g/mol. The van der Waals surface area contributed by atoms with Crippen molar-refractivity contribution in [3.8, 4) is 0 Å². The van der Waals surface area contributed by atoms with Crippen LogP contribution < -0.4 is 11.1 Å². The van der Waals surface area contributed by atoms with Crippen LogP contribution in [0.4, 0.5) is 24.5 Å². The lowest BCUT2D eigenvalue weighted by molar-refractivity contribution is -0.137. The van der Waals surface area contributed by atoms with Gasteiger partial charge in [-0.1, -0.05) is 0 Å². The van der Waals surface area contributed by atoms with Crippen molar-refractivity contribution >= 4 is 11.4 Å². The topological polar surface area (TPSA) is 51.2 Å². The van der Waals surface area contributed by atoms with Crippen molar-refractivity contribution < 1.29 is 17.6 Å². The zero-order valence-corrected chi connectivity index (χ0v) is 11.1. The Bertz CT molecular complexity index is 605. The lowest BCUT2D eigenvalue weighted by Gasteiger charge is -2.16. The molecule has 3 nitrogen and oxygen atoms in total. The Morgan fingerprint density at radius 3 is 2.40 bits per heavy atom. The molecule has 1 aromatic carbocycles. The van der Waals surface area contributed by atoms with Gasteiger partial charge in [-0.25, -0.2) is 0 Å². The standard InChI is InChI=1S/C14H15F3N2O/c1-8-3-6-13(20-8)9(2)19-12-5-4-10(7-11(12)18)14(15,16)17/h3-7,9,19H,18H2,1-2H3. The van der Waals surface area contributed by atoms with E-state index in [1.54, 1.807) is 0 Å². The zero-order chi connectivity index (χ0) is 14.9. The van der Waals surface area contributed by atoms with Gasteiger partial charge in [0.1, 0.15) is 11.5 Å². The molecular formula is C14H15F3N2O. The van der Waals surface area contributed by atoms with E-state index in [1.165, 1.54) is 6.07 Å². The maximum atomic E-state index is 12.5. The van der Waals surface area contributed by atoms with Gasteiger partial charge in [0.25, 0.3) is 0 Å². The highest BCUT2D eigenvalue weighted by molar-refractivity contribution is 5.67. The first-order valence-corrected chi connectivity index (χ1v) is 6.07. The molecule has 6 heteroatoms. The number of halogens is 3. The van der Waals surface area contributed by atoms with Crippen molar-refractivity contribution in [3.05, 3.63) is 47.4 Å². The maximum absolute atomic E-state index is 12.5. The van der Waals surface area contributed by atoms with Gasteiger partial charge in [0.2, 0.25) is 0 Å². The molecule has 1 atom stereocenters. The van der Waals surface area contributed by atoms with Crippen LogP contribution in [0, 0.1) is 6.92 Å². The second-order valence-electron chi connectivity index (χ2n) is 4.61. The van der Waals surface area contributed by atoms with E-state index in [0.717, 1.165) is 17.9 Å². The smallest absolute Gasteiger partial charge is 0.416 e. The highest BCUT2D eigenvalue weighted by Crippen LogP contribution is 2.34. The molecule has 0 spiro atoms. The first-order chi connectivity index (χ1) is 9.27. The summed E-state index contributed by atoms with van der Waals surface area (Å²) in [6, 6.07) is 6.69. The highest BCUT2D eigenvalue weighted by Gasteiger charge is 2.30. The molecule has 1 unspecified atom stereocenters. The number of nitrogens with one attached hydrogen (secondary N) is 1. The van der Waals surface area contributed by atoms with E-state index in [1.807, 2.05) is 26.0 Å². The summed E-state index contributed by atoms with van der Waals surface area (Å²) in [7, 11) is 0. The Balaban J connectivity index is 2.18. The minimum atomic E-state index is -4.39. The van der Waals surface area contributed by atoms with Gasteiger partial charge in [0.05, 0.1) is 23.0 Å². The van der Waals surface area contributed by atoms with Crippen molar-refractivity contribution in [2.45, 2.75) is 26.1 Å². The highest BCUT2D eigenvalue weighted by atomic mass is 19.4. The first-order valence-electron chi connectivity index (χ1n) is 6.07. The van der Waals surface area contributed by atoms with Gasteiger partial charge >= 0.3 is 6.18 Å². The van der Waals surface area contributed by atoms with E-state index in [9.17, 15) is 13.2 Å². The molecule has 20 heavy (non-hydrogen) atoms. The van der Waals surface area contributed by atoms with Crippen LogP contribution in [0.25, 0.3) is 0 Å². The Labute approximate surface area is 114 Å². The summed E-state index contributed by atoms with van der Waals surface area (Å²) in [6.45, 7) is 3.66. The van der Waals surface area contributed by atoms with Gasteiger partial charge in [-0.2, -0.15) is 13.2 Å². The Morgan fingerprint density at radius 2 is 1.90 bits per heavy atom. The third-order valence-electron chi connectivity index (χ3n) is 2.94. The van der Waals surface area contributed by atoms with E-state index >= 15 is 0 Å². The van der Waals surface area contributed by atoms with Crippen molar-refractivity contribution in [2.24, 2.45) is 0 Å². The monoisotopic (exact) mass is 284 g/mol. The van der Waals surface area contributed by atoms with E-state index in [0.29, 0.717) is 11.4 Å². The van der Waals surface area contributed by atoms with Crippen LogP contribution in [0.5, 0.6) is 0 Å². The van der Waals surface area contributed by atoms with Gasteiger partial charge in [0.15, 0.2) is 0 Å². The average Bonchev–Trinajstić information content (AvgIpc) is 2.77. The van der Waals surface area contributed by atoms with E-state index in [2.05, 4.69) is 5.32 Å². The van der Waals surface area contributed by atoms with Crippen LogP contribution in [0.1, 0.15) is 30.0 Å². The maximum Gasteiger partial charge on any atom is 0.416 e. The fraction of sp³-hybridized carbons (Fsp3) is 0.286. The van der Waals surface area contributed by atoms with E-state index < -0.39 is 11.7 Å². The number of hydrogen-bond acceptors (Lipinski definition) is 3. The molecule has 0 aliphatic heterocycles. The number of benzene rings is 1. The molecule has 2 rings (SSSR count). The molecule has 3 N–H and O–H groups in total. The molecule has 108 valence electrons. The molecule has 0 amide bonds. The van der Waals surface area contributed by atoms with Crippen molar-refractivity contribution in [2.75, 3.05) is 11.1 Å². The molecule has 0 radical (unpaired) electrons. The van der Waals surface area contributed by atoms with Crippen LogP contribution >= 0.6 is 0 Å². The van der Waals surface area contributed by atoms with Crippen LogP contribution in [-0.2, 0) is 6.18 Å². The van der Waals surface area contributed by atoms with Crippen molar-refractivity contribution in [3.63, 3.8) is 0 Å². The summed E-state index contributed by atoms with van der Waals surface area (Å²) >= 11 is 0. The molecule has 0 bridgehead atoms. The molecule has 0 aliphatic rings. The van der Waals surface area contributed by atoms with Crippen molar-refractivity contribution in [1.29, 1.82) is 0 Å². The predicted molar refractivity (Wildman–Crippen MR) is 71.3 cm³/mol. The lowest BCUT2D eigenvalue weighted by atomic mass is 10.1. The second kappa shape index (κ2) is 5.11. The van der Waals surface area contributed by atoms with Crippen LogP contribution in [0.3, 0.4) is 0 Å². The molecule has 1 heterocycles. The lowest BCUT2D eigenvalue weighted by Crippen LogP contribution is -2.10. The number of hydrogen-bond donors (Lipinski definition) is 2. The Hall–Kier alpha value is -2.11. The Kier molecular flexibility index (Phi) is 3.65. The number of rotatable bonds is 3. The first kappa shape index (κ1) is 14.3. The largest absolute Gasteiger partial charge is 0.464 e. The molecule has 2 aromatic rings. The molecule has 0 saturated carbocycles. The SMILES string of the molecule is Cc1ccc(C(C)Nc2ccc(C(F)(F)F)cc2N)o1. The zero-order valence-electron chi connectivity index (χ0n) is 11.1. The summed E-state index contributed by atoms with van der Waals surface area (Å²) in [6.07, 6.45) is -4.39. The van der Waals surface area contributed by atoms with Crippen LogP contribution in [0.15, 0.2) is 34.7 Å². The summed E-state index contributed by atoms with van der Waals surface area (Å²) in [4.78, 5) is 0. The van der Waals surface area contributed by atoms with E-state index in [-0.39, 0.29) is 11.7 Å². The number of furan rings is 1. The van der Waals surface area contributed by atoms with Gasteiger partial charge in [0, 0.05) is 0 Å². The normalized spacial score (nSPS) is 13.2. The summed E-state index contributed by atoms with van der Waals surface area (Å²) in [5, 5.41) is 3.03. The van der Waals surface area contributed by atoms with Gasteiger partial charge in [-0.15, -0.1) is 0 Å². The van der Waals surface area contributed by atoms with Gasteiger partial charge in [-0.05, 0) is 44.2 Å². The van der Waals surface area contributed by atoms with Gasteiger partial charge < -0.3 is 15.5 Å². The fourth-order valence-electron chi connectivity index (χ4n) is 1.86. The Morgan fingerprint density at radius 1 is 1.20 bits per heavy atom. The predicted octanol–water partition coefficient (Wildman–Crippen LogP) is 4.36. The number of nitrogen functional groups attached to an aromatic ring is 1. The van der Waals surface area contributed by atoms with Crippen LogP contribution in [0.2, 0.25) is 0 Å². The second-order valence-corrected chi connectivity index (χ2v) is 4.61. The molecule has 0 aliphatic carbocycles. The minimum Gasteiger partial charge on any atom is -0.464 e. The number of anilines is 2. The average molecular weight is 284 g/mol. The summed E-state index contributed by atoms with van der Waals surface area (Å²) in [5.74, 6) is 1.47. The summed E-state index contributed by atoms with van der Waals surface area (Å²) in [5.41, 5.74) is 5.39. The number of aryl methyl sites for hydroxylation is 1. The fourth-order valence-corrected chi connectivity index (χ4v) is 1.86. The van der Waals surface area contributed by atoms with Gasteiger partial charge in [-0.3, -0.25) is 0 Å². The number of nitrogens with two attached hydrogens (primary N) is 1. The quantitative estimate of drug-likeness (QED) is 0.823. The third-order valence-corrected chi connectivity index (χ3v) is 2.94. The minimum absolute atomic E-state index is 0.0509. The van der Waals surface area contributed by atoms with E-state index in [4.69, 9.17) is 10.2 Å². The third kappa shape index (κ3) is 3.07.